The molecule has 4 heteroatoms. The number of nitrogens with one attached hydrogen (secondary N) is 1. The van der Waals surface area contributed by atoms with Crippen molar-refractivity contribution in [3.05, 3.63) is 29.8 Å². The van der Waals surface area contributed by atoms with E-state index < -0.39 is 0 Å². The lowest BCUT2D eigenvalue weighted by molar-refractivity contribution is -0.123. The standard InChI is InChI=1S/C17H26N2O2/c1-19(2)14-10-7-13(8-11-14)9-12-17(21)18-15-5-3-4-6-16(15)20/h7-8,10-11,15-16,20H,3-6,9,12H2,1-2H3,(H,18,21)/t15-,16-/m0/s1. The van der Waals surface area contributed by atoms with Gasteiger partial charge in [-0.05, 0) is 37.0 Å². The number of hydrogen-bond donors (Lipinski definition) is 2. The molecule has 116 valence electrons. The fraction of sp³-hybridized carbons (Fsp3) is 0.588. The van der Waals surface area contributed by atoms with Crippen molar-refractivity contribution in [2.45, 2.75) is 50.7 Å². The molecule has 0 aromatic heterocycles. The van der Waals surface area contributed by atoms with Crippen molar-refractivity contribution < 1.29 is 9.90 Å². The predicted octanol–water partition coefficient (Wildman–Crippen LogP) is 2.10. The van der Waals surface area contributed by atoms with Gasteiger partial charge in [-0.15, -0.1) is 0 Å². The topological polar surface area (TPSA) is 52.6 Å². The van der Waals surface area contributed by atoms with E-state index in [1.165, 1.54) is 5.56 Å². The molecule has 0 unspecified atom stereocenters. The fourth-order valence-corrected chi connectivity index (χ4v) is 2.78. The number of aliphatic hydroxyl groups excluding tert-OH is 1. The van der Waals surface area contributed by atoms with E-state index in [1.54, 1.807) is 0 Å². The summed E-state index contributed by atoms with van der Waals surface area (Å²) in [6.45, 7) is 0. The molecule has 1 aromatic rings. The zero-order valence-electron chi connectivity index (χ0n) is 13.0. The van der Waals surface area contributed by atoms with Crippen molar-refractivity contribution in [3.63, 3.8) is 0 Å². The van der Waals surface area contributed by atoms with Crippen LogP contribution in [0.1, 0.15) is 37.7 Å². The number of anilines is 1. The van der Waals surface area contributed by atoms with E-state index in [1.807, 2.05) is 14.1 Å². The van der Waals surface area contributed by atoms with Crippen molar-refractivity contribution in [2.24, 2.45) is 0 Å². The van der Waals surface area contributed by atoms with Gasteiger partial charge in [-0.1, -0.05) is 25.0 Å². The molecule has 1 aliphatic carbocycles. The first-order chi connectivity index (χ1) is 10.1. The van der Waals surface area contributed by atoms with Crippen LogP contribution in [0.4, 0.5) is 5.69 Å². The fourth-order valence-electron chi connectivity index (χ4n) is 2.78. The Morgan fingerprint density at radius 3 is 2.52 bits per heavy atom. The Labute approximate surface area is 127 Å². The minimum atomic E-state index is -0.373. The highest BCUT2D eigenvalue weighted by Gasteiger charge is 2.24. The molecule has 1 aromatic carbocycles. The smallest absolute Gasteiger partial charge is 0.220 e. The summed E-state index contributed by atoms with van der Waals surface area (Å²) in [5.41, 5.74) is 2.33. The number of nitrogens with zero attached hydrogens (tertiary/aromatic N) is 1. The summed E-state index contributed by atoms with van der Waals surface area (Å²) in [6.07, 6.45) is 4.69. The molecule has 21 heavy (non-hydrogen) atoms. The van der Waals surface area contributed by atoms with Crippen LogP contribution in [0.3, 0.4) is 0 Å². The van der Waals surface area contributed by atoms with Crippen LogP contribution >= 0.6 is 0 Å². The molecule has 0 aliphatic heterocycles. The van der Waals surface area contributed by atoms with Crippen LogP contribution in [0.5, 0.6) is 0 Å². The minimum Gasteiger partial charge on any atom is -0.391 e. The molecular weight excluding hydrogens is 264 g/mol. The molecule has 1 amide bonds. The van der Waals surface area contributed by atoms with Crippen LogP contribution in [-0.4, -0.2) is 37.3 Å². The van der Waals surface area contributed by atoms with Gasteiger partial charge in [-0.3, -0.25) is 4.79 Å². The highest BCUT2D eigenvalue weighted by Crippen LogP contribution is 2.18. The van der Waals surface area contributed by atoms with E-state index in [0.717, 1.165) is 37.8 Å². The Balaban J connectivity index is 1.78. The summed E-state index contributed by atoms with van der Waals surface area (Å²) in [7, 11) is 4.02. The van der Waals surface area contributed by atoms with E-state index in [4.69, 9.17) is 0 Å². The SMILES string of the molecule is CN(C)c1ccc(CCC(=O)N[C@H]2CCCC[C@@H]2O)cc1. The largest absolute Gasteiger partial charge is 0.391 e. The molecular formula is C17H26N2O2. The van der Waals surface area contributed by atoms with Crippen LogP contribution < -0.4 is 10.2 Å². The predicted molar refractivity (Wildman–Crippen MR) is 85.5 cm³/mol. The van der Waals surface area contributed by atoms with Crippen LogP contribution in [0.2, 0.25) is 0 Å². The quantitative estimate of drug-likeness (QED) is 0.873. The maximum atomic E-state index is 12.0. The number of aryl methyl sites for hydroxylation is 1. The summed E-state index contributed by atoms with van der Waals surface area (Å²) in [5.74, 6) is 0.0395. The van der Waals surface area contributed by atoms with Crippen molar-refractivity contribution in [1.29, 1.82) is 0 Å². The summed E-state index contributed by atoms with van der Waals surface area (Å²) < 4.78 is 0. The molecule has 1 saturated carbocycles. The van der Waals surface area contributed by atoms with Gasteiger partial charge >= 0.3 is 0 Å². The van der Waals surface area contributed by atoms with E-state index in [9.17, 15) is 9.90 Å². The van der Waals surface area contributed by atoms with Gasteiger partial charge < -0.3 is 15.3 Å². The van der Waals surface area contributed by atoms with E-state index in [0.29, 0.717) is 6.42 Å². The Bertz CT molecular complexity index is 456. The third-order valence-corrected chi connectivity index (χ3v) is 4.17. The number of hydrogen-bond acceptors (Lipinski definition) is 3. The average molecular weight is 290 g/mol. The van der Waals surface area contributed by atoms with Gasteiger partial charge in [0.1, 0.15) is 0 Å². The number of benzene rings is 1. The van der Waals surface area contributed by atoms with Gasteiger partial charge in [0.15, 0.2) is 0 Å². The average Bonchev–Trinajstić information content (AvgIpc) is 2.48. The normalized spacial score (nSPS) is 21.9. The van der Waals surface area contributed by atoms with Crippen molar-refractivity contribution in [2.75, 3.05) is 19.0 Å². The number of carbonyl (C=O) groups excluding carboxylic acids is 1. The van der Waals surface area contributed by atoms with Crippen LogP contribution in [0.25, 0.3) is 0 Å². The lowest BCUT2D eigenvalue weighted by atomic mass is 9.92. The van der Waals surface area contributed by atoms with Gasteiger partial charge in [-0.2, -0.15) is 0 Å². The first-order valence-electron chi connectivity index (χ1n) is 7.80. The Morgan fingerprint density at radius 2 is 1.90 bits per heavy atom. The highest BCUT2D eigenvalue weighted by molar-refractivity contribution is 5.76. The lowest BCUT2D eigenvalue weighted by Gasteiger charge is -2.28. The van der Waals surface area contributed by atoms with Gasteiger partial charge in [-0.25, -0.2) is 0 Å². The third-order valence-electron chi connectivity index (χ3n) is 4.17. The second-order valence-electron chi connectivity index (χ2n) is 6.09. The summed E-state index contributed by atoms with van der Waals surface area (Å²) in [5, 5.41) is 12.8. The Morgan fingerprint density at radius 1 is 1.24 bits per heavy atom. The highest BCUT2D eigenvalue weighted by atomic mass is 16.3. The molecule has 1 fully saturated rings. The van der Waals surface area contributed by atoms with Crippen LogP contribution in [-0.2, 0) is 11.2 Å². The molecule has 4 nitrogen and oxygen atoms in total. The molecule has 2 atom stereocenters. The number of carbonyl (C=O) groups is 1. The first kappa shape index (κ1) is 15.8. The molecule has 2 rings (SSSR count). The maximum absolute atomic E-state index is 12.0. The van der Waals surface area contributed by atoms with Gasteiger partial charge in [0.05, 0.1) is 12.1 Å². The summed E-state index contributed by atoms with van der Waals surface area (Å²) >= 11 is 0. The zero-order chi connectivity index (χ0) is 15.2. The zero-order valence-corrected chi connectivity index (χ0v) is 13.0. The number of aliphatic hydroxyl groups is 1. The Hall–Kier alpha value is -1.55. The summed E-state index contributed by atoms with van der Waals surface area (Å²) in [4.78, 5) is 14.0. The summed E-state index contributed by atoms with van der Waals surface area (Å²) in [6, 6.07) is 8.22. The van der Waals surface area contributed by atoms with Gasteiger partial charge in [0, 0.05) is 26.2 Å². The van der Waals surface area contributed by atoms with Crippen LogP contribution in [0.15, 0.2) is 24.3 Å². The number of amides is 1. The van der Waals surface area contributed by atoms with E-state index >= 15 is 0 Å². The molecule has 0 radical (unpaired) electrons. The van der Waals surface area contributed by atoms with Gasteiger partial charge in [0.2, 0.25) is 5.91 Å². The van der Waals surface area contributed by atoms with Crippen molar-refractivity contribution in [1.82, 2.24) is 5.32 Å². The minimum absolute atomic E-state index is 0.0395. The van der Waals surface area contributed by atoms with Crippen molar-refractivity contribution >= 4 is 11.6 Å². The van der Waals surface area contributed by atoms with E-state index in [2.05, 4.69) is 34.5 Å². The second-order valence-corrected chi connectivity index (χ2v) is 6.09. The van der Waals surface area contributed by atoms with Crippen molar-refractivity contribution in [3.8, 4) is 0 Å². The third kappa shape index (κ3) is 4.74. The van der Waals surface area contributed by atoms with Gasteiger partial charge in [0.25, 0.3) is 0 Å². The number of rotatable bonds is 5. The lowest BCUT2D eigenvalue weighted by Crippen LogP contribution is -2.45. The molecule has 0 bridgehead atoms. The monoisotopic (exact) mass is 290 g/mol. The van der Waals surface area contributed by atoms with Crippen LogP contribution in [0, 0.1) is 0 Å². The molecule has 1 aliphatic rings. The second kappa shape index (κ2) is 7.46. The van der Waals surface area contributed by atoms with E-state index in [-0.39, 0.29) is 18.1 Å². The Kier molecular flexibility index (Phi) is 5.62. The maximum Gasteiger partial charge on any atom is 0.220 e. The first-order valence-corrected chi connectivity index (χ1v) is 7.80. The molecule has 2 N–H and O–H groups in total. The molecule has 0 heterocycles. The molecule has 0 spiro atoms. The molecule has 0 saturated heterocycles.